The molecule has 1 saturated heterocycles. The molecule has 5 rings (SSSR count). The second-order valence-electron chi connectivity index (χ2n) is 8.97. The maximum absolute atomic E-state index is 13.1. The largest absolute Gasteiger partial charge is 0.462 e. The first-order chi connectivity index (χ1) is 19.5. The Bertz CT molecular complexity index is 1440. The molecule has 0 N–H and O–H groups in total. The molecule has 0 unspecified atom stereocenters. The van der Waals surface area contributed by atoms with E-state index in [1.165, 1.54) is 0 Å². The van der Waals surface area contributed by atoms with Crippen molar-refractivity contribution < 1.29 is 37.7 Å². The summed E-state index contributed by atoms with van der Waals surface area (Å²) in [5, 5.41) is 0. The Morgan fingerprint density at radius 2 is 1.15 bits per heavy atom. The third-order valence-corrected chi connectivity index (χ3v) is 6.56. The Kier molecular flexibility index (Phi) is 8.59. The van der Waals surface area contributed by atoms with Gasteiger partial charge in [0.2, 0.25) is 0 Å². The van der Waals surface area contributed by atoms with Crippen molar-refractivity contribution in [1.29, 1.82) is 0 Å². The molecule has 0 aliphatic carbocycles. The van der Waals surface area contributed by atoms with E-state index < -0.39 is 42.3 Å². The number of rotatable bonds is 9. The van der Waals surface area contributed by atoms with Gasteiger partial charge in [0.15, 0.2) is 18.3 Å². The quantitative estimate of drug-likeness (QED) is 0.144. The maximum atomic E-state index is 13.1. The molecule has 4 atom stereocenters. The summed E-state index contributed by atoms with van der Waals surface area (Å²) >= 11 is 5.94. The van der Waals surface area contributed by atoms with Crippen LogP contribution in [0.4, 0.5) is 0 Å². The molecule has 0 saturated carbocycles. The average Bonchev–Trinajstić information content (AvgIpc) is 3.62. The predicted octanol–water partition coefficient (Wildman–Crippen LogP) is 5.77. The number of hydrogen-bond donors (Lipinski definition) is 0. The van der Waals surface area contributed by atoms with E-state index in [1.807, 2.05) is 0 Å². The molecule has 40 heavy (non-hydrogen) atoms. The van der Waals surface area contributed by atoms with Crippen LogP contribution in [0.2, 0.25) is 0 Å². The Morgan fingerprint density at radius 1 is 0.650 bits per heavy atom. The Hall–Kier alpha value is -4.40. The maximum Gasteiger partial charge on any atom is 0.338 e. The van der Waals surface area contributed by atoms with Gasteiger partial charge in [-0.3, -0.25) is 0 Å². The first-order valence-corrected chi connectivity index (χ1v) is 13.1. The van der Waals surface area contributed by atoms with E-state index in [1.54, 1.807) is 103 Å². The van der Waals surface area contributed by atoms with Crippen molar-refractivity contribution >= 4 is 29.5 Å². The van der Waals surface area contributed by atoms with Gasteiger partial charge < -0.3 is 23.4 Å². The first kappa shape index (κ1) is 27.2. The number of benzene rings is 3. The highest BCUT2D eigenvalue weighted by Gasteiger charge is 2.52. The predicted molar refractivity (Wildman–Crippen MR) is 144 cm³/mol. The highest BCUT2D eigenvalue weighted by molar-refractivity contribution is 6.16. The molecule has 1 aliphatic heterocycles. The number of hydrogen-bond acceptors (Lipinski definition) is 8. The third-order valence-electron chi connectivity index (χ3n) is 6.30. The van der Waals surface area contributed by atoms with E-state index in [9.17, 15) is 14.4 Å². The van der Waals surface area contributed by atoms with Gasteiger partial charge in [-0.15, -0.1) is 11.6 Å². The summed E-state index contributed by atoms with van der Waals surface area (Å²) in [6, 6.07) is 28.6. The summed E-state index contributed by atoms with van der Waals surface area (Å²) < 4.78 is 29.4. The minimum atomic E-state index is -1.14. The molecule has 3 aromatic carbocycles. The highest BCUT2D eigenvalue weighted by atomic mass is 35.5. The van der Waals surface area contributed by atoms with Crippen LogP contribution in [0.3, 0.4) is 0 Å². The number of ether oxygens (including phenoxy) is 4. The van der Waals surface area contributed by atoms with Gasteiger partial charge in [0.25, 0.3) is 0 Å². The van der Waals surface area contributed by atoms with Crippen molar-refractivity contribution in [3.63, 3.8) is 0 Å². The molecule has 0 bridgehead atoms. The molecule has 1 aliphatic rings. The Morgan fingerprint density at radius 3 is 1.65 bits per heavy atom. The van der Waals surface area contributed by atoms with Crippen LogP contribution in [0.5, 0.6) is 0 Å². The molecule has 0 spiro atoms. The third kappa shape index (κ3) is 6.25. The van der Waals surface area contributed by atoms with Gasteiger partial charge in [-0.2, -0.15) is 0 Å². The minimum absolute atomic E-state index is 0.117. The lowest BCUT2D eigenvalue weighted by atomic mass is 10.1. The van der Waals surface area contributed by atoms with Crippen LogP contribution < -0.4 is 0 Å². The van der Waals surface area contributed by atoms with Crippen LogP contribution in [-0.4, -0.2) is 42.8 Å². The zero-order valence-electron chi connectivity index (χ0n) is 21.2. The lowest BCUT2D eigenvalue weighted by Gasteiger charge is -2.24. The van der Waals surface area contributed by atoms with E-state index >= 15 is 0 Å². The highest BCUT2D eigenvalue weighted by Crippen LogP contribution is 2.39. The number of alkyl halides is 1. The Balaban J connectivity index is 1.46. The molecule has 8 nitrogen and oxygen atoms in total. The van der Waals surface area contributed by atoms with Gasteiger partial charge >= 0.3 is 17.9 Å². The van der Waals surface area contributed by atoms with Gasteiger partial charge in [-0.25, -0.2) is 14.4 Å². The van der Waals surface area contributed by atoms with Crippen molar-refractivity contribution in [2.45, 2.75) is 30.3 Å². The second kappa shape index (κ2) is 12.6. The average molecular weight is 561 g/mol. The van der Waals surface area contributed by atoms with Gasteiger partial charge in [-0.1, -0.05) is 54.6 Å². The second-order valence-corrected chi connectivity index (χ2v) is 9.24. The van der Waals surface area contributed by atoms with Gasteiger partial charge in [-0.05, 0) is 48.5 Å². The van der Waals surface area contributed by atoms with Crippen molar-refractivity contribution in [1.82, 2.24) is 0 Å². The molecule has 9 heteroatoms. The van der Waals surface area contributed by atoms with E-state index in [0.29, 0.717) is 28.2 Å². The van der Waals surface area contributed by atoms with Crippen LogP contribution in [0.15, 0.2) is 108 Å². The van der Waals surface area contributed by atoms with E-state index in [-0.39, 0.29) is 12.5 Å². The first-order valence-electron chi connectivity index (χ1n) is 12.6. The van der Waals surface area contributed by atoms with E-state index in [0.717, 1.165) is 0 Å². The molecular formula is C31H25ClO8. The summed E-state index contributed by atoms with van der Waals surface area (Å²) in [5.41, 5.74) is 0.940. The van der Waals surface area contributed by atoms with Crippen LogP contribution in [0.1, 0.15) is 48.7 Å². The molecule has 1 aromatic heterocycles. The zero-order valence-corrected chi connectivity index (χ0v) is 21.9. The number of esters is 3. The summed E-state index contributed by atoms with van der Waals surface area (Å²) in [5.74, 6) is -0.974. The van der Waals surface area contributed by atoms with Crippen LogP contribution in [-0.2, 0) is 24.8 Å². The fourth-order valence-corrected chi connectivity index (χ4v) is 4.47. The Labute approximate surface area is 235 Å². The lowest BCUT2D eigenvalue weighted by Crippen LogP contribution is -2.40. The van der Waals surface area contributed by atoms with E-state index in [2.05, 4.69) is 0 Å². The topological polar surface area (TPSA) is 101 Å². The van der Waals surface area contributed by atoms with Gasteiger partial charge in [0, 0.05) is 0 Å². The summed E-state index contributed by atoms with van der Waals surface area (Å²) in [6.07, 6.45) is -4.23. The van der Waals surface area contributed by atoms with Crippen LogP contribution >= 0.6 is 11.6 Å². The SMILES string of the molecule is O=C(OC[C@H]1O[C@@H](c2ccc(CCl)o2)[C@H](OC(=O)c2ccccc2)[C@@H]1OC(=O)c1ccccc1)c1ccccc1. The van der Waals surface area contributed by atoms with Crippen LogP contribution in [0.25, 0.3) is 0 Å². The molecule has 1 fully saturated rings. The van der Waals surface area contributed by atoms with Gasteiger partial charge in [0.1, 0.15) is 24.2 Å². The monoisotopic (exact) mass is 560 g/mol. The number of carbonyl (C=O) groups excluding carboxylic acids is 3. The minimum Gasteiger partial charge on any atom is -0.462 e. The molecule has 4 aromatic rings. The van der Waals surface area contributed by atoms with Gasteiger partial charge in [0.05, 0.1) is 22.6 Å². The molecular weight excluding hydrogens is 536 g/mol. The normalized spacial score (nSPS) is 20.0. The zero-order chi connectivity index (χ0) is 27.9. The molecule has 2 heterocycles. The van der Waals surface area contributed by atoms with Crippen molar-refractivity contribution in [3.8, 4) is 0 Å². The summed E-state index contributed by atoms with van der Waals surface area (Å²) in [7, 11) is 0. The summed E-state index contributed by atoms with van der Waals surface area (Å²) in [4.78, 5) is 39.0. The molecule has 0 radical (unpaired) electrons. The number of furan rings is 1. The summed E-state index contributed by atoms with van der Waals surface area (Å²) in [6.45, 7) is -0.278. The number of carbonyl (C=O) groups is 3. The number of halogens is 1. The smallest absolute Gasteiger partial charge is 0.338 e. The molecule has 204 valence electrons. The fourth-order valence-electron chi connectivity index (χ4n) is 4.33. The fraction of sp³-hybridized carbons (Fsp3) is 0.194. The van der Waals surface area contributed by atoms with Crippen molar-refractivity contribution in [2.75, 3.05) is 6.61 Å². The van der Waals surface area contributed by atoms with Crippen molar-refractivity contribution in [2.24, 2.45) is 0 Å². The standard InChI is InChI=1S/C31H25ClO8/c32-18-23-16-17-24(37-23)26-28(40-31(35)22-14-8-3-9-15-22)27(39-30(34)21-12-6-2-7-13-21)25(38-26)19-36-29(33)20-10-4-1-5-11-20/h1-17,25-28H,18-19H2/t25-,26+,27-,28+/m1/s1. The molecule has 0 amide bonds. The van der Waals surface area contributed by atoms with Crippen LogP contribution in [0, 0.1) is 0 Å². The van der Waals surface area contributed by atoms with E-state index in [4.69, 9.17) is 35.0 Å². The van der Waals surface area contributed by atoms with Crippen molar-refractivity contribution in [3.05, 3.63) is 131 Å². The lowest BCUT2D eigenvalue weighted by molar-refractivity contribution is -0.0463.